The van der Waals surface area contributed by atoms with Crippen LogP contribution >= 0.6 is 0 Å². The number of carbonyl (C=O) groups is 1. The molecule has 118 valence electrons. The molecular weight excluding hydrogens is 287 g/mol. The first kappa shape index (κ1) is 17.5. The first-order valence-electron chi connectivity index (χ1n) is 6.55. The fourth-order valence-electron chi connectivity index (χ4n) is 1.56. The molecule has 0 fully saturated rings. The van der Waals surface area contributed by atoms with Gasteiger partial charge in [-0.15, -0.1) is 0 Å². The minimum atomic E-state index is -1.58. The molecule has 0 aliphatic rings. The smallest absolute Gasteiger partial charge is 0.251 e. The third-order valence-electron chi connectivity index (χ3n) is 2.68. The SMILES string of the molecule is COCCOCCCCNC(=O)c1cc(F)c(F)c(F)c1. The van der Waals surface area contributed by atoms with Gasteiger partial charge in [-0.3, -0.25) is 4.79 Å². The lowest BCUT2D eigenvalue weighted by Gasteiger charge is -2.07. The highest BCUT2D eigenvalue weighted by Gasteiger charge is 2.14. The number of methoxy groups -OCH3 is 1. The number of unbranched alkanes of at least 4 members (excludes halogenated alkanes) is 1. The molecule has 0 atom stereocenters. The monoisotopic (exact) mass is 305 g/mol. The van der Waals surface area contributed by atoms with Crippen LogP contribution in [0.15, 0.2) is 12.1 Å². The molecule has 0 radical (unpaired) electrons. The number of rotatable bonds is 9. The molecule has 0 aromatic heterocycles. The van der Waals surface area contributed by atoms with E-state index in [1.807, 2.05) is 0 Å². The molecule has 1 aromatic rings. The Bertz CT molecular complexity index is 446. The minimum Gasteiger partial charge on any atom is -0.382 e. The van der Waals surface area contributed by atoms with Gasteiger partial charge in [-0.1, -0.05) is 0 Å². The van der Waals surface area contributed by atoms with E-state index in [9.17, 15) is 18.0 Å². The predicted molar refractivity (Wildman–Crippen MR) is 70.6 cm³/mol. The quantitative estimate of drug-likeness (QED) is 0.562. The second-order valence-electron chi connectivity index (χ2n) is 4.32. The van der Waals surface area contributed by atoms with Gasteiger partial charge in [0.2, 0.25) is 0 Å². The first-order valence-corrected chi connectivity index (χ1v) is 6.55. The molecule has 0 spiro atoms. The highest BCUT2D eigenvalue weighted by Crippen LogP contribution is 2.13. The molecule has 7 heteroatoms. The highest BCUT2D eigenvalue weighted by atomic mass is 19.2. The van der Waals surface area contributed by atoms with E-state index in [-0.39, 0.29) is 5.56 Å². The number of ether oxygens (including phenoxy) is 2. The highest BCUT2D eigenvalue weighted by molar-refractivity contribution is 5.94. The van der Waals surface area contributed by atoms with Crippen molar-refractivity contribution in [2.45, 2.75) is 12.8 Å². The van der Waals surface area contributed by atoms with E-state index in [1.54, 1.807) is 7.11 Å². The van der Waals surface area contributed by atoms with Gasteiger partial charge in [-0.25, -0.2) is 13.2 Å². The molecule has 0 unspecified atom stereocenters. The Morgan fingerprint density at radius 3 is 2.38 bits per heavy atom. The van der Waals surface area contributed by atoms with Gasteiger partial charge in [0.25, 0.3) is 5.91 Å². The fourth-order valence-corrected chi connectivity index (χ4v) is 1.56. The van der Waals surface area contributed by atoms with E-state index in [1.165, 1.54) is 0 Å². The summed E-state index contributed by atoms with van der Waals surface area (Å²) in [7, 11) is 1.58. The zero-order valence-electron chi connectivity index (χ0n) is 11.8. The van der Waals surface area contributed by atoms with Crippen LogP contribution in [0.3, 0.4) is 0 Å². The Balaban J connectivity index is 2.25. The number of hydrogen-bond donors (Lipinski definition) is 1. The molecule has 1 rings (SSSR count). The molecule has 0 saturated heterocycles. The van der Waals surface area contributed by atoms with Crippen molar-refractivity contribution < 1.29 is 27.4 Å². The van der Waals surface area contributed by atoms with Crippen LogP contribution in [-0.4, -0.2) is 39.4 Å². The Kier molecular flexibility index (Phi) is 7.78. The van der Waals surface area contributed by atoms with Crippen molar-refractivity contribution in [1.82, 2.24) is 5.32 Å². The van der Waals surface area contributed by atoms with Crippen molar-refractivity contribution in [2.24, 2.45) is 0 Å². The van der Waals surface area contributed by atoms with Gasteiger partial charge in [0.1, 0.15) is 0 Å². The van der Waals surface area contributed by atoms with Crippen molar-refractivity contribution in [3.05, 3.63) is 35.1 Å². The van der Waals surface area contributed by atoms with Crippen molar-refractivity contribution in [3.8, 4) is 0 Å². The lowest BCUT2D eigenvalue weighted by atomic mass is 10.2. The molecule has 0 heterocycles. The van der Waals surface area contributed by atoms with E-state index >= 15 is 0 Å². The Morgan fingerprint density at radius 1 is 1.10 bits per heavy atom. The summed E-state index contributed by atoms with van der Waals surface area (Å²) in [4.78, 5) is 11.6. The molecule has 21 heavy (non-hydrogen) atoms. The van der Waals surface area contributed by atoms with Crippen LogP contribution in [-0.2, 0) is 9.47 Å². The van der Waals surface area contributed by atoms with Crippen molar-refractivity contribution in [2.75, 3.05) is 33.5 Å². The summed E-state index contributed by atoms with van der Waals surface area (Å²) in [5, 5.41) is 2.50. The second kappa shape index (κ2) is 9.36. The number of nitrogens with one attached hydrogen (secondary N) is 1. The van der Waals surface area contributed by atoms with Gasteiger partial charge in [0.15, 0.2) is 17.5 Å². The van der Waals surface area contributed by atoms with E-state index in [0.29, 0.717) is 44.9 Å². The standard InChI is InChI=1S/C14H18F3NO3/c1-20-6-7-21-5-3-2-4-18-14(19)10-8-11(15)13(17)12(16)9-10/h8-9H,2-7H2,1H3,(H,18,19). The molecule has 0 saturated carbocycles. The maximum absolute atomic E-state index is 13.0. The number of amides is 1. The van der Waals surface area contributed by atoms with Crippen LogP contribution in [0.25, 0.3) is 0 Å². The van der Waals surface area contributed by atoms with Gasteiger partial charge < -0.3 is 14.8 Å². The van der Waals surface area contributed by atoms with Crippen molar-refractivity contribution >= 4 is 5.91 Å². The Hall–Kier alpha value is -1.60. The van der Waals surface area contributed by atoms with Crippen LogP contribution in [0, 0.1) is 17.5 Å². The van der Waals surface area contributed by atoms with E-state index in [4.69, 9.17) is 9.47 Å². The van der Waals surface area contributed by atoms with Crippen LogP contribution in [0.1, 0.15) is 23.2 Å². The zero-order chi connectivity index (χ0) is 15.7. The molecule has 1 aromatic carbocycles. The summed E-state index contributed by atoms with van der Waals surface area (Å²) in [5.74, 6) is -4.99. The van der Waals surface area contributed by atoms with E-state index in [0.717, 1.165) is 6.42 Å². The second-order valence-corrected chi connectivity index (χ2v) is 4.32. The summed E-state index contributed by atoms with van der Waals surface area (Å²) in [6, 6.07) is 1.34. The van der Waals surface area contributed by atoms with Crippen molar-refractivity contribution in [1.29, 1.82) is 0 Å². The lowest BCUT2D eigenvalue weighted by Crippen LogP contribution is -2.25. The molecule has 4 nitrogen and oxygen atoms in total. The Morgan fingerprint density at radius 2 is 1.76 bits per heavy atom. The van der Waals surface area contributed by atoms with Crippen molar-refractivity contribution in [3.63, 3.8) is 0 Å². The number of hydrogen-bond acceptors (Lipinski definition) is 3. The molecule has 1 amide bonds. The predicted octanol–water partition coefficient (Wildman–Crippen LogP) is 2.28. The largest absolute Gasteiger partial charge is 0.382 e. The van der Waals surface area contributed by atoms with Gasteiger partial charge in [-0.2, -0.15) is 0 Å². The molecular formula is C14H18F3NO3. The van der Waals surface area contributed by atoms with E-state index in [2.05, 4.69) is 5.32 Å². The van der Waals surface area contributed by atoms with Crippen LogP contribution in [0.5, 0.6) is 0 Å². The van der Waals surface area contributed by atoms with E-state index < -0.39 is 23.4 Å². The maximum atomic E-state index is 13.0. The van der Waals surface area contributed by atoms with Gasteiger partial charge in [-0.05, 0) is 25.0 Å². The molecule has 0 bridgehead atoms. The third kappa shape index (κ3) is 6.14. The number of carbonyl (C=O) groups excluding carboxylic acids is 1. The Labute approximate surface area is 121 Å². The van der Waals surface area contributed by atoms with Gasteiger partial charge in [0, 0.05) is 25.8 Å². The number of benzene rings is 1. The average molecular weight is 305 g/mol. The summed E-state index contributed by atoms with van der Waals surface area (Å²) in [6.45, 7) is 1.92. The normalized spacial score (nSPS) is 10.7. The summed E-state index contributed by atoms with van der Waals surface area (Å²) >= 11 is 0. The maximum Gasteiger partial charge on any atom is 0.251 e. The molecule has 0 aliphatic carbocycles. The molecule has 1 N–H and O–H groups in total. The summed E-state index contributed by atoms with van der Waals surface area (Å²) in [6.07, 6.45) is 1.39. The summed E-state index contributed by atoms with van der Waals surface area (Å²) < 4.78 is 48.7. The van der Waals surface area contributed by atoms with Gasteiger partial charge in [0.05, 0.1) is 13.2 Å². The topological polar surface area (TPSA) is 47.6 Å². The summed E-state index contributed by atoms with van der Waals surface area (Å²) in [5.41, 5.74) is -0.247. The van der Waals surface area contributed by atoms with Crippen LogP contribution < -0.4 is 5.32 Å². The zero-order valence-corrected chi connectivity index (χ0v) is 11.8. The third-order valence-corrected chi connectivity index (χ3v) is 2.68. The fraction of sp³-hybridized carbons (Fsp3) is 0.500. The van der Waals surface area contributed by atoms with Gasteiger partial charge >= 0.3 is 0 Å². The van der Waals surface area contributed by atoms with Crippen LogP contribution in [0.4, 0.5) is 13.2 Å². The number of halogens is 3. The first-order chi connectivity index (χ1) is 10.1. The average Bonchev–Trinajstić information content (AvgIpc) is 2.46. The lowest BCUT2D eigenvalue weighted by molar-refractivity contribution is 0.0686. The minimum absolute atomic E-state index is 0.247. The molecule has 0 aliphatic heterocycles. The van der Waals surface area contributed by atoms with Crippen LogP contribution in [0.2, 0.25) is 0 Å².